The Kier molecular flexibility index (Phi) is 5.31. The molecule has 0 amide bonds. The van der Waals surface area contributed by atoms with E-state index in [4.69, 9.17) is 4.74 Å². The third-order valence-corrected chi connectivity index (χ3v) is 6.32. The molecular formula is C26H30O. The predicted molar refractivity (Wildman–Crippen MR) is 115 cm³/mol. The molecule has 0 aromatic heterocycles. The maximum Gasteiger partial charge on any atom is 0.0462 e. The van der Waals surface area contributed by atoms with Gasteiger partial charge in [0, 0.05) is 19.1 Å². The fourth-order valence-corrected chi connectivity index (χ4v) is 5.08. The van der Waals surface area contributed by atoms with Crippen LogP contribution in [0.3, 0.4) is 0 Å². The van der Waals surface area contributed by atoms with E-state index in [1.165, 1.54) is 58.7 Å². The maximum atomic E-state index is 5.42. The summed E-state index contributed by atoms with van der Waals surface area (Å²) in [6.45, 7) is 3.13. The minimum Gasteiger partial charge on any atom is -0.385 e. The van der Waals surface area contributed by atoms with Gasteiger partial charge in [-0.2, -0.15) is 0 Å². The Balaban J connectivity index is 1.92. The van der Waals surface area contributed by atoms with Crippen LogP contribution >= 0.6 is 0 Å². The van der Waals surface area contributed by atoms with Gasteiger partial charge in [0.15, 0.2) is 0 Å². The number of unbranched alkanes of at least 4 members (excludes halogenated alkanes) is 2. The quantitative estimate of drug-likeness (QED) is 0.390. The van der Waals surface area contributed by atoms with Crippen LogP contribution in [0.2, 0.25) is 0 Å². The summed E-state index contributed by atoms with van der Waals surface area (Å²) in [7, 11) is 1.81. The lowest BCUT2D eigenvalue weighted by Crippen LogP contribution is -2.26. The first kappa shape index (κ1) is 18.3. The average molecular weight is 359 g/mol. The molecule has 0 spiro atoms. The molecule has 0 aliphatic heterocycles. The number of hydrogen-bond acceptors (Lipinski definition) is 1. The number of rotatable bonds is 8. The molecule has 1 aliphatic rings. The molecule has 0 saturated carbocycles. The fourth-order valence-electron chi connectivity index (χ4n) is 5.08. The van der Waals surface area contributed by atoms with Gasteiger partial charge in [-0.1, -0.05) is 86.8 Å². The lowest BCUT2D eigenvalue weighted by atomic mass is 9.71. The molecule has 1 aliphatic carbocycles. The summed E-state index contributed by atoms with van der Waals surface area (Å²) in [5.74, 6) is 0. The van der Waals surface area contributed by atoms with Gasteiger partial charge >= 0.3 is 0 Å². The summed E-state index contributed by atoms with van der Waals surface area (Å²) in [6.07, 6.45) is 7.34. The van der Waals surface area contributed by atoms with Gasteiger partial charge in [-0.05, 0) is 52.3 Å². The first-order valence-corrected chi connectivity index (χ1v) is 10.4. The number of methoxy groups -OCH3 is 1. The second-order valence-electron chi connectivity index (χ2n) is 7.89. The number of fused-ring (bicyclic) bond motifs is 5. The molecule has 4 rings (SSSR count). The highest BCUT2D eigenvalue weighted by Gasteiger charge is 2.42. The van der Waals surface area contributed by atoms with Gasteiger partial charge in [-0.3, -0.25) is 0 Å². The van der Waals surface area contributed by atoms with E-state index in [-0.39, 0.29) is 5.41 Å². The summed E-state index contributed by atoms with van der Waals surface area (Å²) >= 11 is 0. The van der Waals surface area contributed by atoms with Crippen molar-refractivity contribution in [1.29, 1.82) is 0 Å². The Bertz CT molecular complexity index is 914. The van der Waals surface area contributed by atoms with Gasteiger partial charge < -0.3 is 4.74 Å². The molecule has 1 unspecified atom stereocenters. The van der Waals surface area contributed by atoms with E-state index in [1.54, 1.807) is 0 Å². The van der Waals surface area contributed by atoms with Gasteiger partial charge in [0.05, 0.1) is 0 Å². The lowest BCUT2D eigenvalue weighted by Gasteiger charge is -2.33. The maximum absolute atomic E-state index is 5.42. The third kappa shape index (κ3) is 3.08. The molecule has 0 fully saturated rings. The predicted octanol–water partition coefficient (Wildman–Crippen LogP) is 7.11. The number of benzene rings is 3. The Labute approximate surface area is 163 Å². The zero-order valence-electron chi connectivity index (χ0n) is 16.6. The monoisotopic (exact) mass is 358 g/mol. The molecule has 0 radical (unpaired) electrons. The Morgan fingerprint density at radius 3 is 2.41 bits per heavy atom. The van der Waals surface area contributed by atoms with Crippen LogP contribution in [0.25, 0.3) is 21.9 Å². The second kappa shape index (κ2) is 7.86. The summed E-state index contributed by atoms with van der Waals surface area (Å²) < 4.78 is 5.42. The van der Waals surface area contributed by atoms with Crippen molar-refractivity contribution in [2.24, 2.45) is 0 Å². The van der Waals surface area contributed by atoms with Crippen LogP contribution in [-0.2, 0) is 10.2 Å². The lowest BCUT2D eigenvalue weighted by molar-refractivity contribution is 0.185. The molecule has 0 bridgehead atoms. The highest BCUT2D eigenvalue weighted by atomic mass is 16.5. The summed E-state index contributed by atoms with van der Waals surface area (Å²) in [5, 5.41) is 2.74. The van der Waals surface area contributed by atoms with E-state index in [0.29, 0.717) is 0 Å². The van der Waals surface area contributed by atoms with Crippen molar-refractivity contribution in [3.63, 3.8) is 0 Å². The van der Waals surface area contributed by atoms with Crippen LogP contribution in [0.4, 0.5) is 0 Å². The zero-order valence-corrected chi connectivity index (χ0v) is 16.6. The minimum atomic E-state index is 0.129. The van der Waals surface area contributed by atoms with Crippen molar-refractivity contribution in [3.05, 3.63) is 71.8 Å². The molecule has 1 heteroatoms. The molecule has 0 saturated heterocycles. The zero-order chi connectivity index (χ0) is 18.7. The van der Waals surface area contributed by atoms with E-state index in [0.717, 1.165) is 19.4 Å². The van der Waals surface area contributed by atoms with Crippen LogP contribution in [-0.4, -0.2) is 13.7 Å². The Morgan fingerprint density at radius 2 is 1.56 bits per heavy atom. The van der Waals surface area contributed by atoms with Crippen LogP contribution in [0.5, 0.6) is 0 Å². The Hall–Kier alpha value is -2.12. The van der Waals surface area contributed by atoms with Crippen LogP contribution < -0.4 is 0 Å². The molecule has 27 heavy (non-hydrogen) atoms. The molecule has 1 nitrogen and oxygen atoms in total. The van der Waals surface area contributed by atoms with Crippen LogP contribution in [0.1, 0.15) is 56.6 Å². The van der Waals surface area contributed by atoms with Crippen LogP contribution in [0.15, 0.2) is 60.7 Å². The normalized spacial score (nSPS) is 17.9. The molecule has 0 N–H and O–H groups in total. The van der Waals surface area contributed by atoms with Crippen molar-refractivity contribution in [3.8, 4) is 11.1 Å². The average Bonchev–Trinajstić information content (AvgIpc) is 2.99. The fraction of sp³-hybridized carbons (Fsp3) is 0.385. The van der Waals surface area contributed by atoms with E-state index in [1.807, 2.05) is 7.11 Å². The topological polar surface area (TPSA) is 9.23 Å². The highest BCUT2D eigenvalue weighted by molar-refractivity contribution is 6.02. The standard InChI is InChI=1S/C26H30O/c1-3-4-9-17-26(18-10-19-27-2)23-14-8-7-13-22(23)25-21-12-6-5-11-20(21)15-16-24(25)26/h5-8,11-16H,3-4,9-10,17-19H2,1-2H3. The minimum absolute atomic E-state index is 0.129. The molecule has 3 aromatic carbocycles. The van der Waals surface area contributed by atoms with Gasteiger partial charge in [-0.25, -0.2) is 0 Å². The van der Waals surface area contributed by atoms with E-state index in [2.05, 4.69) is 67.6 Å². The number of hydrogen-bond donors (Lipinski definition) is 0. The molecule has 1 atom stereocenters. The van der Waals surface area contributed by atoms with Gasteiger partial charge in [-0.15, -0.1) is 0 Å². The first-order chi connectivity index (χ1) is 13.3. The summed E-state index contributed by atoms with van der Waals surface area (Å²) in [4.78, 5) is 0. The SMILES string of the molecule is CCCCCC1(CCCOC)c2ccccc2-c2c1ccc1ccccc21. The highest BCUT2D eigenvalue weighted by Crippen LogP contribution is 2.55. The molecular weight excluding hydrogens is 328 g/mol. The Morgan fingerprint density at radius 1 is 0.778 bits per heavy atom. The first-order valence-electron chi connectivity index (χ1n) is 10.4. The number of ether oxygens (including phenoxy) is 1. The largest absolute Gasteiger partial charge is 0.385 e. The summed E-state index contributed by atoms with van der Waals surface area (Å²) in [5.41, 5.74) is 6.11. The molecule has 140 valence electrons. The van der Waals surface area contributed by atoms with Crippen LogP contribution in [0, 0.1) is 0 Å². The van der Waals surface area contributed by atoms with Gasteiger partial charge in [0.25, 0.3) is 0 Å². The second-order valence-corrected chi connectivity index (χ2v) is 7.89. The van der Waals surface area contributed by atoms with Crippen molar-refractivity contribution in [1.82, 2.24) is 0 Å². The molecule has 0 heterocycles. The van der Waals surface area contributed by atoms with Crippen molar-refractivity contribution in [2.45, 2.75) is 50.9 Å². The van der Waals surface area contributed by atoms with E-state index < -0.39 is 0 Å². The smallest absolute Gasteiger partial charge is 0.0462 e. The van der Waals surface area contributed by atoms with Crippen molar-refractivity contribution < 1.29 is 4.74 Å². The van der Waals surface area contributed by atoms with Gasteiger partial charge in [0.1, 0.15) is 0 Å². The van der Waals surface area contributed by atoms with Crippen molar-refractivity contribution >= 4 is 10.8 Å². The van der Waals surface area contributed by atoms with E-state index in [9.17, 15) is 0 Å². The van der Waals surface area contributed by atoms with Gasteiger partial charge in [0.2, 0.25) is 0 Å². The van der Waals surface area contributed by atoms with E-state index >= 15 is 0 Å². The summed E-state index contributed by atoms with van der Waals surface area (Å²) in [6, 6.07) is 22.7. The third-order valence-electron chi connectivity index (χ3n) is 6.32. The van der Waals surface area contributed by atoms with Crippen molar-refractivity contribution in [2.75, 3.05) is 13.7 Å². The molecule has 3 aromatic rings.